The normalized spacial score (nSPS) is 9.42. The maximum atomic E-state index is 8.97. The lowest BCUT2D eigenvalue weighted by Gasteiger charge is -2.08. The van der Waals surface area contributed by atoms with E-state index in [1.54, 1.807) is 36.5 Å². The summed E-state index contributed by atoms with van der Waals surface area (Å²) in [5.41, 5.74) is 1.36. The van der Waals surface area contributed by atoms with Crippen LogP contribution in [-0.2, 0) is 6.61 Å². The van der Waals surface area contributed by atoms with E-state index in [1.165, 1.54) is 0 Å². The molecule has 0 atom stereocenters. The molecule has 0 saturated heterocycles. The average Bonchev–Trinajstić information content (AvgIpc) is 2.45. The zero-order chi connectivity index (χ0) is 13.7. The number of nitrogens with zero attached hydrogens (tertiary/aromatic N) is 3. The Balaban J connectivity index is 2.22. The molecule has 0 aliphatic carbocycles. The molecule has 0 unspecified atom stereocenters. The van der Waals surface area contributed by atoms with E-state index in [-0.39, 0.29) is 6.61 Å². The fourth-order valence-electron chi connectivity index (χ4n) is 1.52. The van der Waals surface area contributed by atoms with E-state index in [2.05, 4.69) is 4.98 Å². The second kappa shape index (κ2) is 5.86. The number of halogens is 1. The average molecular weight is 270 g/mol. The molecule has 2 aromatic rings. The lowest BCUT2D eigenvalue weighted by Crippen LogP contribution is -2.01. The summed E-state index contributed by atoms with van der Waals surface area (Å²) >= 11 is 5.86. The van der Waals surface area contributed by atoms with Crippen LogP contribution in [-0.4, -0.2) is 4.98 Å². The molecule has 5 heteroatoms. The lowest BCUT2D eigenvalue weighted by molar-refractivity contribution is 0.304. The van der Waals surface area contributed by atoms with Gasteiger partial charge in [-0.2, -0.15) is 10.5 Å². The topological polar surface area (TPSA) is 69.7 Å². The molecular formula is C14H8ClN3O. The lowest BCUT2D eigenvalue weighted by atomic mass is 10.2. The van der Waals surface area contributed by atoms with Crippen molar-refractivity contribution in [2.24, 2.45) is 0 Å². The Kier molecular flexibility index (Phi) is 3.97. The molecule has 92 valence electrons. The summed E-state index contributed by atoms with van der Waals surface area (Å²) in [6.45, 7) is 0.158. The van der Waals surface area contributed by atoms with Gasteiger partial charge in [0, 0.05) is 22.8 Å². The molecule has 19 heavy (non-hydrogen) atoms. The van der Waals surface area contributed by atoms with E-state index >= 15 is 0 Å². The first-order chi connectivity index (χ1) is 9.24. The number of rotatable bonds is 3. The van der Waals surface area contributed by atoms with Gasteiger partial charge in [0.05, 0.1) is 5.56 Å². The third kappa shape index (κ3) is 3.01. The molecule has 2 rings (SSSR count). The van der Waals surface area contributed by atoms with Crippen LogP contribution >= 0.6 is 11.6 Å². The molecule has 0 spiro atoms. The van der Waals surface area contributed by atoms with Crippen molar-refractivity contribution in [1.82, 2.24) is 4.98 Å². The second-order valence-electron chi connectivity index (χ2n) is 3.66. The highest BCUT2D eigenvalue weighted by molar-refractivity contribution is 6.30. The van der Waals surface area contributed by atoms with Gasteiger partial charge in [-0.3, -0.25) is 0 Å². The van der Waals surface area contributed by atoms with Crippen molar-refractivity contribution in [3.63, 3.8) is 0 Å². The van der Waals surface area contributed by atoms with Crippen LogP contribution in [0.3, 0.4) is 0 Å². The van der Waals surface area contributed by atoms with Crippen molar-refractivity contribution >= 4 is 11.6 Å². The van der Waals surface area contributed by atoms with Gasteiger partial charge in [-0.25, -0.2) is 4.98 Å². The molecule has 1 heterocycles. The zero-order valence-electron chi connectivity index (χ0n) is 9.80. The first-order valence-corrected chi connectivity index (χ1v) is 5.79. The summed E-state index contributed by atoms with van der Waals surface area (Å²) in [7, 11) is 0. The molecule has 0 radical (unpaired) electrons. The SMILES string of the molecule is N#Cc1ccc(Cl)cc1OCc1cccnc1C#N. The third-order valence-electron chi connectivity index (χ3n) is 2.44. The van der Waals surface area contributed by atoms with Gasteiger partial charge in [0.25, 0.3) is 0 Å². The predicted octanol–water partition coefficient (Wildman–Crippen LogP) is 3.06. The Bertz CT molecular complexity index is 686. The Hall–Kier alpha value is -2.56. The highest BCUT2D eigenvalue weighted by atomic mass is 35.5. The summed E-state index contributed by atoms with van der Waals surface area (Å²) < 4.78 is 5.54. The van der Waals surface area contributed by atoms with E-state index in [4.69, 9.17) is 26.9 Å². The summed E-state index contributed by atoms with van der Waals surface area (Å²) in [4.78, 5) is 3.94. The van der Waals surface area contributed by atoms with Gasteiger partial charge >= 0.3 is 0 Å². The van der Waals surface area contributed by atoms with Crippen molar-refractivity contribution in [3.05, 3.63) is 58.4 Å². The van der Waals surface area contributed by atoms with Crippen LogP contribution in [0.4, 0.5) is 0 Å². The highest BCUT2D eigenvalue weighted by Gasteiger charge is 2.07. The molecule has 0 N–H and O–H groups in total. The van der Waals surface area contributed by atoms with Crippen LogP contribution in [0.5, 0.6) is 5.75 Å². The summed E-state index contributed by atoms with van der Waals surface area (Å²) in [5.74, 6) is 0.391. The van der Waals surface area contributed by atoms with Gasteiger partial charge in [-0.05, 0) is 18.2 Å². The number of pyridine rings is 1. The minimum absolute atomic E-state index is 0.158. The maximum absolute atomic E-state index is 8.97. The van der Waals surface area contributed by atoms with E-state index in [9.17, 15) is 0 Å². The fraction of sp³-hybridized carbons (Fsp3) is 0.0714. The predicted molar refractivity (Wildman–Crippen MR) is 69.5 cm³/mol. The molecule has 0 amide bonds. The highest BCUT2D eigenvalue weighted by Crippen LogP contribution is 2.23. The van der Waals surface area contributed by atoms with E-state index in [0.29, 0.717) is 27.6 Å². The number of nitriles is 2. The minimum Gasteiger partial charge on any atom is -0.487 e. The molecule has 4 nitrogen and oxygen atoms in total. The van der Waals surface area contributed by atoms with Crippen molar-refractivity contribution in [3.8, 4) is 17.9 Å². The van der Waals surface area contributed by atoms with Gasteiger partial charge in [0.2, 0.25) is 0 Å². The largest absolute Gasteiger partial charge is 0.487 e. The number of aromatic nitrogens is 1. The Morgan fingerprint density at radius 2 is 2.05 bits per heavy atom. The number of ether oxygens (including phenoxy) is 1. The Morgan fingerprint density at radius 3 is 2.79 bits per heavy atom. The maximum Gasteiger partial charge on any atom is 0.147 e. The minimum atomic E-state index is 0.158. The van der Waals surface area contributed by atoms with Crippen LogP contribution in [0.2, 0.25) is 5.02 Å². The van der Waals surface area contributed by atoms with E-state index < -0.39 is 0 Å². The fourth-order valence-corrected chi connectivity index (χ4v) is 1.68. The summed E-state index contributed by atoms with van der Waals surface area (Å²) in [6.07, 6.45) is 1.54. The third-order valence-corrected chi connectivity index (χ3v) is 2.68. The molecule has 0 aliphatic heterocycles. The zero-order valence-corrected chi connectivity index (χ0v) is 10.6. The summed E-state index contributed by atoms with van der Waals surface area (Å²) in [5, 5.41) is 18.4. The molecular weight excluding hydrogens is 262 g/mol. The smallest absolute Gasteiger partial charge is 0.147 e. The van der Waals surface area contributed by atoms with Crippen LogP contribution in [0, 0.1) is 22.7 Å². The Labute approximate surface area is 115 Å². The van der Waals surface area contributed by atoms with E-state index in [1.807, 2.05) is 12.1 Å². The van der Waals surface area contributed by atoms with Gasteiger partial charge < -0.3 is 4.74 Å². The molecule has 0 fully saturated rings. The van der Waals surface area contributed by atoms with Gasteiger partial charge in [0.1, 0.15) is 30.2 Å². The first kappa shape index (κ1) is 12.9. The van der Waals surface area contributed by atoms with Crippen molar-refractivity contribution in [1.29, 1.82) is 10.5 Å². The van der Waals surface area contributed by atoms with Gasteiger partial charge in [0.15, 0.2) is 0 Å². The standard InChI is InChI=1S/C14H8ClN3O/c15-12-4-3-10(7-16)14(6-12)19-9-11-2-1-5-18-13(11)8-17/h1-6H,9H2. The van der Waals surface area contributed by atoms with Crippen molar-refractivity contribution in [2.45, 2.75) is 6.61 Å². The summed E-state index contributed by atoms with van der Waals surface area (Å²) in [6, 6.07) is 12.3. The second-order valence-corrected chi connectivity index (χ2v) is 4.10. The molecule has 0 saturated carbocycles. The quantitative estimate of drug-likeness (QED) is 0.859. The number of hydrogen-bond donors (Lipinski definition) is 0. The molecule has 0 bridgehead atoms. The van der Waals surface area contributed by atoms with Gasteiger partial charge in [-0.15, -0.1) is 0 Å². The monoisotopic (exact) mass is 269 g/mol. The number of benzene rings is 1. The Morgan fingerprint density at radius 1 is 1.21 bits per heavy atom. The van der Waals surface area contributed by atoms with Crippen LogP contribution in [0.25, 0.3) is 0 Å². The molecule has 1 aromatic carbocycles. The van der Waals surface area contributed by atoms with E-state index in [0.717, 1.165) is 0 Å². The van der Waals surface area contributed by atoms with Crippen LogP contribution in [0.1, 0.15) is 16.8 Å². The first-order valence-electron chi connectivity index (χ1n) is 5.41. The number of hydrogen-bond acceptors (Lipinski definition) is 4. The molecule has 1 aromatic heterocycles. The van der Waals surface area contributed by atoms with Gasteiger partial charge in [-0.1, -0.05) is 17.7 Å². The molecule has 0 aliphatic rings. The van der Waals surface area contributed by atoms with Crippen LogP contribution in [0.15, 0.2) is 36.5 Å². The van der Waals surface area contributed by atoms with Crippen molar-refractivity contribution < 1.29 is 4.74 Å². The van der Waals surface area contributed by atoms with Crippen LogP contribution < -0.4 is 4.74 Å². The van der Waals surface area contributed by atoms with Crippen molar-refractivity contribution in [2.75, 3.05) is 0 Å².